The number of urea groups is 1. The van der Waals surface area contributed by atoms with E-state index in [0.717, 1.165) is 11.3 Å². The average Bonchev–Trinajstić information content (AvgIpc) is 2.48. The van der Waals surface area contributed by atoms with E-state index in [1.54, 1.807) is 7.11 Å². The van der Waals surface area contributed by atoms with Crippen molar-refractivity contribution in [3.05, 3.63) is 52.3 Å². The molecule has 0 bridgehead atoms. The molecule has 1 aromatic carbocycles. The van der Waals surface area contributed by atoms with Crippen LogP contribution in [0.5, 0.6) is 5.75 Å². The Bertz CT molecular complexity index is 616. The number of rotatable bonds is 4. The number of amides is 2. The molecule has 0 radical (unpaired) electrons. The highest BCUT2D eigenvalue weighted by molar-refractivity contribution is 5.87. The molecule has 0 unspecified atom stereocenters. The van der Waals surface area contributed by atoms with Crippen molar-refractivity contribution in [2.24, 2.45) is 0 Å². The number of anilines is 1. The van der Waals surface area contributed by atoms with Gasteiger partial charge in [0.1, 0.15) is 5.75 Å². The highest BCUT2D eigenvalue weighted by Gasteiger charge is 2.02. The van der Waals surface area contributed by atoms with Gasteiger partial charge in [-0.2, -0.15) is 5.10 Å². The van der Waals surface area contributed by atoms with Crippen LogP contribution in [0.3, 0.4) is 0 Å². The van der Waals surface area contributed by atoms with Crippen LogP contribution in [-0.2, 0) is 6.54 Å². The van der Waals surface area contributed by atoms with Gasteiger partial charge in [-0.3, -0.25) is 10.1 Å². The second-order valence-corrected chi connectivity index (χ2v) is 3.96. The lowest BCUT2D eigenvalue weighted by Crippen LogP contribution is -2.29. The summed E-state index contributed by atoms with van der Waals surface area (Å²) >= 11 is 0. The fraction of sp³-hybridized carbons (Fsp3) is 0.154. The van der Waals surface area contributed by atoms with Crippen LogP contribution in [0.15, 0.2) is 41.2 Å². The van der Waals surface area contributed by atoms with Crippen LogP contribution in [0.2, 0.25) is 0 Å². The van der Waals surface area contributed by atoms with E-state index in [9.17, 15) is 9.59 Å². The van der Waals surface area contributed by atoms with Gasteiger partial charge in [-0.15, -0.1) is 0 Å². The van der Waals surface area contributed by atoms with Gasteiger partial charge < -0.3 is 10.1 Å². The fourth-order valence-electron chi connectivity index (χ4n) is 1.50. The number of hydrogen-bond acceptors (Lipinski definition) is 4. The molecule has 0 saturated carbocycles. The Balaban J connectivity index is 1.85. The molecule has 0 saturated heterocycles. The van der Waals surface area contributed by atoms with Gasteiger partial charge in [-0.25, -0.2) is 9.89 Å². The largest absolute Gasteiger partial charge is 0.497 e. The van der Waals surface area contributed by atoms with Crippen LogP contribution in [-0.4, -0.2) is 23.3 Å². The first-order valence-corrected chi connectivity index (χ1v) is 5.91. The topological polar surface area (TPSA) is 96.1 Å². The van der Waals surface area contributed by atoms with Gasteiger partial charge in [0.2, 0.25) is 0 Å². The number of nitrogens with zero attached hydrogens (tertiary/aromatic N) is 1. The summed E-state index contributed by atoms with van der Waals surface area (Å²) in [5.41, 5.74) is 0.615. The number of H-pyrrole nitrogens is 1. The van der Waals surface area contributed by atoms with Crippen LogP contribution in [0, 0.1) is 0 Å². The van der Waals surface area contributed by atoms with E-state index in [1.807, 2.05) is 24.3 Å². The molecular weight excluding hydrogens is 260 g/mol. The molecule has 2 amide bonds. The molecule has 1 heterocycles. The van der Waals surface area contributed by atoms with E-state index in [0.29, 0.717) is 6.54 Å². The lowest BCUT2D eigenvalue weighted by molar-refractivity contribution is 0.251. The third-order valence-corrected chi connectivity index (χ3v) is 2.53. The summed E-state index contributed by atoms with van der Waals surface area (Å²) < 4.78 is 5.05. The maximum absolute atomic E-state index is 11.6. The third kappa shape index (κ3) is 3.84. The smallest absolute Gasteiger partial charge is 0.320 e. The second kappa shape index (κ2) is 6.37. The number of aromatic nitrogens is 2. The van der Waals surface area contributed by atoms with Crippen molar-refractivity contribution < 1.29 is 9.53 Å². The minimum absolute atomic E-state index is 0.275. The van der Waals surface area contributed by atoms with E-state index in [1.165, 1.54) is 12.1 Å². The minimum atomic E-state index is -0.402. The van der Waals surface area contributed by atoms with Crippen molar-refractivity contribution in [2.75, 3.05) is 12.4 Å². The molecule has 104 valence electrons. The Kier molecular flexibility index (Phi) is 4.33. The van der Waals surface area contributed by atoms with Gasteiger partial charge >= 0.3 is 6.03 Å². The molecule has 0 fully saturated rings. The Morgan fingerprint density at radius 1 is 1.25 bits per heavy atom. The first kappa shape index (κ1) is 13.6. The van der Waals surface area contributed by atoms with E-state index >= 15 is 0 Å². The van der Waals surface area contributed by atoms with Crippen LogP contribution in [0.1, 0.15) is 5.56 Å². The van der Waals surface area contributed by atoms with Gasteiger partial charge in [-0.05, 0) is 23.8 Å². The molecule has 7 heteroatoms. The molecule has 3 N–H and O–H groups in total. The number of carbonyl (C=O) groups excluding carboxylic acids is 1. The molecule has 1 aromatic heterocycles. The second-order valence-electron chi connectivity index (χ2n) is 3.96. The zero-order valence-electron chi connectivity index (χ0n) is 10.8. The fourth-order valence-corrected chi connectivity index (χ4v) is 1.50. The Morgan fingerprint density at radius 2 is 2.00 bits per heavy atom. The van der Waals surface area contributed by atoms with Gasteiger partial charge in [-0.1, -0.05) is 12.1 Å². The molecule has 0 spiro atoms. The zero-order chi connectivity index (χ0) is 14.4. The summed E-state index contributed by atoms with van der Waals surface area (Å²) in [6.07, 6.45) is 0. The van der Waals surface area contributed by atoms with Crippen LogP contribution in [0.25, 0.3) is 0 Å². The number of hydrogen-bond donors (Lipinski definition) is 3. The molecule has 20 heavy (non-hydrogen) atoms. The van der Waals surface area contributed by atoms with Crippen LogP contribution >= 0.6 is 0 Å². The highest BCUT2D eigenvalue weighted by atomic mass is 16.5. The molecule has 2 aromatic rings. The first-order valence-electron chi connectivity index (χ1n) is 5.91. The number of nitrogens with one attached hydrogen (secondary N) is 3. The summed E-state index contributed by atoms with van der Waals surface area (Å²) in [4.78, 5) is 22.4. The van der Waals surface area contributed by atoms with E-state index in [-0.39, 0.29) is 11.4 Å². The molecule has 0 atom stereocenters. The van der Waals surface area contributed by atoms with Crippen molar-refractivity contribution >= 4 is 11.8 Å². The first-order chi connectivity index (χ1) is 9.67. The number of carbonyl (C=O) groups is 1. The van der Waals surface area contributed by atoms with Gasteiger partial charge in [0.05, 0.1) is 7.11 Å². The highest BCUT2D eigenvalue weighted by Crippen LogP contribution is 2.10. The maximum Gasteiger partial charge on any atom is 0.320 e. The minimum Gasteiger partial charge on any atom is -0.497 e. The molecule has 7 nitrogen and oxygen atoms in total. The lowest BCUT2D eigenvalue weighted by Gasteiger charge is -2.07. The van der Waals surface area contributed by atoms with Crippen molar-refractivity contribution in [2.45, 2.75) is 6.54 Å². The van der Waals surface area contributed by atoms with Crippen LogP contribution < -0.4 is 20.9 Å². The predicted molar refractivity (Wildman–Crippen MR) is 73.7 cm³/mol. The van der Waals surface area contributed by atoms with Crippen molar-refractivity contribution in [1.82, 2.24) is 15.5 Å². The predicted octanol–water partition coefficient (Wildman–Crippen LogP) is 1.10. The summed E-state index contributed by atoms with van der Waals surface area (Å²) in [6.45, 7) is 0.374. The zero-order valence-corrected chi connectivity index (χ0v) is 10.8. The quantitative estimate of drug-likeness (QED) is 0.777. The third-order valence-electron chi connectivity index (χ3n) is 2.53. The Morgan fingerprint density at radius 3 is 2.60 bits per heavy atom. The van der Waals surface area contributed by atoms with Gasteiger partial charge in [0.15, 0.2) is 5.82 Å². The SMILES string of the molecule is COc1ccc(CNC(=O)Nc2ccc(=O)[nH]n2)cc1. The van der Waals surface area contributed by atoms with Crippen molar-refractivity contribution in [3.63, 3.8) is 0 Å². The number of methoxy groups -OCH3 is 1. The summed E-state index contributed by atoms with van der Waals surface area (Å²) in [6, 6.07) is 9.66. The monoisotopic (exact) mass is 274 g/mol. The van der Waals surface area contributed by atoms with E-state index < -0.39 is 6.03 Å². The molecular formula is C13H14N4O3. The lowest BCUT2D eigenvalue weighted by atomic mass is 10.2. The maximum atomic E-state index is 11.6. The molecule has 0 aliphatic heterocycles. The standard InChI is InChI=1S/C13H14N4O3/c1-20-10-4-2-9(3-5-10)8-14-13(19)15-11-6-7-12(18)17-16-11/h2-7H,8H2,1H3,(H,17,18)(H2,14,15,16,19). The van der Waals surface area contributed by atoms with E-state index in [4.69, 9.17) is 4.74 Å². The number of aromatic amines is 1. The van der Waals surface area contributed by atoms with E-state index in [2.05, 4.69) is 20.8 Å². The molecule has 0 aliphatic carbocycles. The summed E-state index contributed by atoms with van der Waals surface area (Å²) in [7, 11) is 1.60. The summed E-state index contributed by atoms with van der Waals surface area (Å²) in [5.74, 6) is 1.03. The summed E-state index contributed by atoms with van der Waals surface area (Å²) in [5, 5.41) is 11.1. The number of ether oxygens (including phenoxy) is 1. The molecule has 2 rings (SSSR count). The van der Waals surface area contributed by atoms with Crippen molar-refractivity contribution in [3.8, 4) is 5.75 Å². The Hall–Kier alpha value is -2.83. The Labute approximate surface area is 115 Å². The normalized spacial score (nSPS) is 9.85. The van der Waals surface area contributed by atoms with Gasteiger partial charge in [0, 0.05) is 12.6 Å². The molecule has 0 aliphatic rings. The average molecular weight is 274 g/mol. The number of benzene rings is 1. The van der Waals surface area contributed by atoms with Crippen molar-refractivity contribution in [1.29, 1.82) is 0 Å². The van der Waals surface area contributed by atoms with Crippen LogP contribution in [0.4, 0.5) is 10.6 Å². The van der Waals surface area contributed by atoms with Gasteiger partial charge in [0.25, 0.3) is 5.56 Å².